The summed E-state index contributed by atoms with van der Waals surface area (Å²) in [6.45, 7) is 4.61. The van der Waals surface area contributed by atoms with Crippen molar-refractivity contribution >= 4 is 79.2 Å². The van der Waals surface area contributed by atoms with Crippen molar-refractivity contribution in [1.29, 1.82) is 0 Å². The molecule has 1 aromatic carbocycles. The number of rotatable bonds is 3. The second kappa shape index (κ2) is 7.41. The number of benzene rings is 1. The molecule has 7 nitrogen and oxygen atoms in total. The highest BCUT2D eigenvalue weighted by molar-refractivity contribution is 9.10. The van der Waals surface area contributed by atoms with Crippen molar-refractivity contribution in [1.82, 2.24) is 4.90 Å². The van der Waals surface area contributed by atoms with Gasteiger partial charge in [0, 0.05) is 17.0 Å². The Kier molecular flexibility index (Phi) is 5.48. The fourth-order valence-electron chi connectivity index (χ4n) is 3.24. The van der Waals surface area contributed by atoms with Crippen LogP contribution in [0.25, 0.3) is 5.57 Å². The van der Waals surface area contributed by atoms with Gasteiger partial charge in [0.15, 0.2) is 0 Å². The van der Waals surface area contributed by atoms with Gasteiger partial charge in [0.25, 0.3) is 11.8 Å². The van der Waals surface area contributed by atoms with Gasteiger partial charge in [-0.05, 0) is 24.1 Å². The molecule has 1 unspecified atom stereocenters. The number of halogens is 1. The Bertz CT molecular complexity index is 988. The van der Waals surface area contributed by atoms with E-state index in [9.17, 15) is 24.3 Å². The highest BCUT2D eigenvalue weighted by Crippen LogP contribution is 2.46. The third-order valence-electron chi connectivity index (χ3n) is 4.39. The molecule has 1 fully saturated rings. The Morgan fingerprint density at radius 2 is 1.86 bits per heavy atom. The summed E-state index contributed by atoms with van der Waals surface area (Å²) in [7, 11) is 0. The van der Waals surface area contributed by atoms with Crippen molar-refractivity contribution in [2.24, 2.45) is 5.92 Å². The predicted octanol–water partition coefficient (Wildman–Crippen LogP) is 3.02. The topological polar surface area (TPSA) is 95.0 Å². The smallest absolute Gasteiger partial charge is 0.327 e. The predicted molar refractivity (Wildman–Crippen MR) is 113 cm³/mol. The minimum atomic E-state index is -1.18. The molecule has 3 amide bonds. The largest absolute Gasteiger partial charge is 0.480 e. The summed E-state index contributed by atoms with van der Waals surface area (Å²) in [4.78, 5) is 51.9. The third-order valence-corrected chi connectivity index (χ3v) is 6.28. The van der Waals surface area contributed by atoms with Crippen molar-refractivity contribution in [3.63, 3.8) is 0 Å². The molecule has 0 aliphatic carbocycles. The molecule has 1 aromatic rings. The number of imide groups is 1. The van der Waals surface area contributed by atoms with E-state index in [0.717, 1.165) is 21.6 Å². The molecule has 10 heteroatoms. The highest BCUT2D eigenvalue weighted by Gasteiger charge is 2.47. The number of hydrogen-bond donors (Lipinski definition) is 1. The Morgan fingerprint density at radius 3 is 2.39 bits per heavy atom. The second-order valence-electron chi connectivity index (χ2n) is 6.60. The highest BCUT2D eigenvalue weighted by atomic mass is 79.9. The van der Waals surface area contributed by atoms with Crippen molar-refractivity contribution in [3.05, 3.63) is 33.1 Å². The Hall–Kier alpha value is -2.04. The summed E-state index contributed by atoms with van der Waals surface area (Å²) in [5.74, 6) is -3.32. The second-order valence-corrected chi connectivity index (χ2v) is 9.16. The number of amides is 3. The Balaban J connectivity index is 2.19. The van der Waals surface area contributed by atoms with E-state index in [4.69, 9.17) is 12.2 Å². The summed E-state index contributed by atoms with van der Waals surface area (Å²) in [6.07, 6.45) is 0. The molecule has 0 saturated carbocycles. The average molecular weight is 483 g/mol. The molecule has 0 bridgehead atoms. The lowest BCUT2D eigenvalue weighted by atomic mass is 10.0. The number of thioether (sulfide) groups is 1. The van der Waals surface area contributed by atoms with Gasteiger partial charge in [0.1, 0.15) is 10.4 Å². The molecule has 1 N–H and O–H groups in total. The lowest BCUT2D eigenvalue weighted by Crippen LogP contribution is -2.47. The first-order valence-corrected chi connectivity index (χ1v) is 10.3. The number of anilines is 1. The standard InChI is InChI=1S/C18H15BrN2O5S2/c1-7(2)13(17(25)26)21-16(24)14(28-18(21)27)12-10-6-9(19)4-5-11(10)20(8(3)22)15(12)23/h4-7,13H,1-3H3,(H,25,26)/b14-12-. The molecule has 3 rings (SSSR count). The van der Waals surface area contributed by atoms with E-state index in [-0.39, 0.29) is 14.8 Å². The van der Waals surface area contributed by atoms with Gasteiger partial charge in [-0.25, -0.2) is 9.69 Å². The fraction of sp³-hybridized carbons (Fsp3) is 0.278. The molecule has 2 heterocycles. The van der Waals surface area contributed by atoms with Gasteiger partial charge in [0.05, 0.1) is 16.2 Å². The quantitative estimate of drug-likeness (QED) is 0.522. The van der Waals surface area contributed by atoms with Crippen LogP contribution in [0.5, 0.6) is 0 Å². The monoisotopic (exact) mass is 482 g/mol. The van der Waals surface area contributed by atoms with Gasteiger partial charge in [-0.2, -0.15) is 0 Å². The third kappa shape index (κ3) is 3.19. The van der Waals surface area contributed by atoms with Crippen molar-refractivity contribution < 1.29 is 24.3 Å². The van der Waals surface area contributed by atoms with E-state index in [2.05, 4.69) is 15.9 Å². The molecule has 28 heavy (non-hydrogen) atoms. The number of hydrogen-bond acceptors (Lipinski definition) is 6. The molecule has 2 aliphatic heterocycles. The van der Waals surface area contributed by atoms with Crippen LogP contribution in [0, 0.1) is 5.92 Å². The fourth-order valence-corrected chi connectivity index (χ4v) is 5.00. The summed E-state index contributed by atoms with van der Waals surface area (Å²) >= 11 is 9.47. The zero-order chi connectivity index (χ0) is 20.9. The number of carbonyl (C=O) groups excluding carboxylic acids is 3. The molecule has 146 valence electrons. The molecule has 1 saturated heterocycles. The maximum Gasteiger partial charge on any atom is 0.327 e. The maximum absolute atomic E-state index is 13.1. The summed E-state index contributed by atoms with van der Waals surface area (Å²) in [5.41, 5.74) is 0.852. The minimum Gasteiger partial charge on any atom is -0.480 e. The molecule has 0 radical (unpaired) electrons. The van der Waals surface area contributed by atoms with Gasteiger partial charge in [-0.1, -0.05) is 53.8 Å². The zero-order valence-electron chi connectivity index (χ0n) is 15.1. The first-order valence-electron chi connectivity index (χ1n) is 8.23. The SMILES string of the molecule is CC(=O)N1C(=O)/C(=C2\SC(=S)N(C(C(=O)O)C(C)C)C2=O)c2cc(Br)ccc21. The molecule has 2 aliphatic rings. The van der Waals surface area contributed by atoms with E-state index in [1.165, 1.54) is 6.92 Å². The van der Waals surface area contributed by atoms with Crippen LogP contribution in [-0.2, 0) is 19.2 Å². The maximum atomic E-state index is 13.1. The van der Waals surface area contributed by atoms with Crippen LogP contribution in [0.15, 0.2) is 27.6 Å². The van der Waals surface area contributed by atoms with Gasteiger partial charge in [-0.15, -0.1) is 0 Å². The van der Waals surface area contributed by atoms with Gasteiger partial charge >= 0.3 is 5.97 Å². The Morgan fingerprint density at radius 1 is 1.21 bits per heavy atom. The van der Waals surface area contributed by atoms with E-state index in [1.807, 2.05) is 0 Å². The molecule has 0 spiro atoms. The first-order chi connectivity index (χ1) is 13.1. The molecule has 0 aromatic heterocycles. The number of aliphatic carboxylic acids is 1. The van der Waals surface area contributed by atoms with Crippen LogP contribution in [0.2, 0.25) is 0 Å². The molecular formula is C18H15BrN2O5S2. The van der Waals surface area contributed by atoms with E-state index >= 15 is 0 Å². The van der Waals surface area contributed by atoms with E-state index in [1.54, 1.807) is 32.0 Å². The van der Waals surface area contributed by atoms with Crippen LogP contribution >= 0.6 is 39.9 Å². The van der Waals surface area contributed by atoms with Crippen LogP contribution in [-0.4, -0.2) is 44.1 Å². The van der Waals surface area contributed by atoms with Gasteiger partial charge in [-0.3, -0.25) is 19.3 Å². The van der Waals surface area contributed by atoms with E-state index < -0.39 is 35.7 Å². The van der Waals surface area contributed by atoms with Crippen molar-refractivity contribution in [2.75, 3.05) is 4.90 Å². The van der Waals surface area contributed by atoms with Crippen LogP contribution in [0.4, 0.5) is 5.69 Å². The minimum absolute atomic E-state index is 0.0324. The summed E-state index contributed by atoms with van der Waals surface area (Å²) in [5, 5.41) is 9.55. The Labute approximate surface area is 178 Å². The number of carboxylic acid groups (broad SMARTS) is 1. The number of nitrogens with zero attached hydrogens (tertiary/aromatic N) is 2. The molecule has 1 atom stereocenters. The number of fused-ring (bicyclic) bond motifs is 1. The van der Waals surface area contributed by atoms with Gasteiger partial charge in [0.2, 0.25) is 5.91 Å². The van der Waals surface area contributed by atoms with Crippen LogP contribution in [0.3, 0.4) is 0 Å². The number of thiocarbonyl (C=S) groups is 1. The normalized spacial score (nSPS) is 20.2. The van der Waals surface area contributed by atoms with Gasteiger partial charge < -0.3 is 5.11 Å². The lowest BCUT2D eigenvalue weighted by Gasteiger charge is -2.26. The molecular weight excluding hydrogens is 468 g/mol. The summed E-state index contributed by atoms with van der Waals surface area (Å²) < 4.78 is 0.738. The van der Waals surface area contributed by atoms with Crippen LogP contribution in [0.1, 0.15) is 26.3 Å². The number of carboxylic acids is 1. The van der Waals surface area contributed by atoms with E-state index in [0.29, 0.717) is 15.7 Å². The van der Waals surface area contributed by atoms with Crippen molar-refractivity contribution in [2.45, 2.75) is 26.8 Å². The first kappa shape index (κ1) is 20.7. The summed E-state index contributed by atoms with van der Waals surface area (Å²) in [6, 6.07) is 3.80. The average Bonchev–Trinajstić information content (AvgIpc) is 3.01. The van der Waals surface area contributed by atoms with Crippen molar-refractivity contribution in [3.8, 4) is 0 Å². The lowest BCUT2D eigenvalue weighted by molar-refractivity contribution is -0.146. The number of carbonyl (C=O) groups is 4. The zero-order valence-corrected chi connectivity index (χ0v) is 18.3. The van der Waals surface area contributed by atoms with Crippen LogP contribution < -0.4 is 4.90 Å².